The Balaban J connectivity index is 0.00000144. The predicted molar refractivity (Wildman–Crippen MR) is 41.2 cm³/mol. The number of rotatable bonds is 3. The molecule has 2 nitrogen and oxygen atoms in total. The van der Waals surface area contributed by atoms with Gasteiger partial charge < -0.3 is 12.9 Å². The predicted octanol–water partition coefficient (Wildman–Crippen LogP) is -1.65. The summed E-state index contributed by atoms with van der Waals surface area (Å²) in [5, 5.41) is 3.39. The first-order chi connectivity index (χ1) is 5.54. The number of aryl methyl sites for hydroxylation is 1. The molecule has 7 heteroatoms. The zero-order valence-electron chi connectivity index (χ0n) is 7.67. The Morgan fingerprint density at radius 3 is 2.46 bits per heavy atom. The first-order valence-electron chi connectivity index (χ1n) is 3.77. The average molecular weight is 216 g/mol. The number of hydrogen-bond acceptors (Lipinski definition) is 1. The van der Waals surface area contributed by atoms with Gasteiger partial charge in [-0.25, -0.2) is 5.10 Å². The van der Waals surface area contributed by atoms with E-state index in [1.54, 1.807) is 0 Å². The summed E-state index contributed by atoms with van der Waals surface area (Å²) in [6.45, 7) is -2.51. The molecule has 1 heterocycles. The fourth-order valence-electron chi connectivity index (χ4n) is 0.906. The Morgan fingerprint density at radius 2 is 2.08 bits per heavy atom. The first kappa shape index (κ1) is 13.7. The van der Waals surface area contributed by atoms with Crippen LogP contribution in [0.5, 0.6) is 0 Å². The Hall–Kier alpha value is 0.701. The van der Waals surface area contributed by atoms with Crippen LogP contribution in [0.2, 0.25) is 0 Å². The molecule has 1 aromatic heterocycles. The molecule has 0 amide bonds. The van der Waals surface area contributed by atoms with Crippen molar-refractivity contribution < 1.29 is 64.3 Å². The summed E-state index contributed by atoms with van der Waals surface area (Å²) in [5.74, 6) is 0. The number of hydrogen-bond donors (Lipinski definition) is 0. The molecule has 0 spiro atoms. The second kappa shape index (κ2) is 5.55. The van der Waals surface area contributed by atoms with E-state index in [1.807, 2.05) is 6.92 Å². The van der Waals surface area contributed by atoms with Crippen molar-refractivity contribution in [3.63, 3.8) is 0 Å². The Labute approximate surface area is 117 Å². The SMILES string of the molecule is CCCn1ccc([B-](F)(F)F)n1.[K+]. The molecule has 0 bridgehead atoms. The molecule has 0 saturated heterocycles. The van der Waals surface area contributed by atoms with Gasteiger partial charge in [0.25, 0.3) is 0 Å². The molecule has 0 atom stereocenters. The molecule has 68 valence electrons. The molecule has 0 saturated carbocycles. The summed E-state index contributed by atoms with van der Waals surface area (Å²) in [5.41, 5.74) is -0.761. The van der Waals surface area contributed by atoms with Gasteiger partial charge in [-0.2, -0.15) is 0 Å². The minimum Gasteiger partial charge on any atom is -0.444 e. The summed E-state index contributed by atoms with van der Waals surface area (Å²) in [7, 11) is 0. The van der Waals surface area contributed by atoms with Gasteiger partial charge in [-0.3, -0.25) is 4.68 Å². The molecule has 0 aliphatic heterocycles. The molecule has 0 radical (unpaired) electrons. The van der Waals surface area contributed by atoms with Gasteiger partial charge in [-0.1, -0.05) is 13.0 Å². The average Bonchev–Trinajstić information content (AvgIpc) is 2.35. The van der Waals surface area contributed by atoms with Crippen LogP contribution in [0, 0.1) is 0 Å². The van der Waals surface area contributed by atoms with Crippen LogP contribution in [-0.4, -0.2) is 16.8 Å². The summed E-state index contributed by atoms with van der Waals surface area (Å²) >= 11 is 0. The van der Waals surface area contributed by atoms with Crippen molar-refractivity contribution in [3.05, 3.63) is 12.3 Å². The third kappa shape index (κ3) is 4.16. The van der Waals surface area contributed by atoms with Crippen LogP contribution in [0.15, 0.2) is 12.3 Å². The van der Waals surface area contributed by atoms with Gasteiger partial charge in [0.2, 0.25) is 0 Å². The molecule has 0 aromatic carbocycles. The molecule has 0 fully saturated rings. The van der Waals surface area contributed by atoms with E-state index in [9.17, 15) is 12.9 Å². The summed E-state index contributed by atoms with van der Waals surface area (Å²) < 4.78 is 37.4. The Bertz CT molecular complexity index is 261. The van der Waals surface area contributed by atoms with Gasteiger partial charge in [0.1, 0.15) is 0 Å². The van der Waals surface area contributed by atoms with Crippen LogP contribution in [0.25, 0.3) is 0 Å². The van der Waals surface area contributed by atoms with E-state index in [4.69, 9.17) is 0 Å². The van der Waals surface area contributed by atoms with Crippen LogP contribution >= 0.6 is 0 Å². The van der Waals surface area contributed by atoms with Gasteiger partial charge in [-0.15, -0.1) is 0 Å². The van der Waals surface area contributed by atoms with Crippen molar-refractivity contribution in [1.82, 2.24) is 9.78 Å². The molecule has 13 heavy (non-hydrogen) atoms. The van der Waals surface area contributed by atoms with E-state index in [-0.39, 0.29) is 51.4 Å². The van der Waals surface area contributed by atoms with Gasteiger partial charge in [0.05, 0.1) is 0 Å². The topological polar surface area (TPSA) is 17.8 Å². The maximum atomic E-state index is 12.0. The van der Waals surface area contributed by atoms with Gasteiger partial charge in [-0.05, 0) is 6.42 Å². The van der Waals surface area contributed by atoms with E-state index in [1.165, 1.54) is 10.9 Å². The molecular weight excluding hydrogens is 207 g/mol. The third-order valence-electron chi connectivity index (χ3n) is 1.45. The fraction of sp³-hybridized carbons (Fsp3) is 0.500. The quantitative estimate of drug-likeness (QED) is 0.553. The maximum absolute atomic E-state index is 12.0. The second-order valence-corrected chi connectivity index (χ2v) is 2.58. The Kier molecular flexibility index (Phi) is 5.85. The zero-order valence-corrected chi connectivity index (χ0v) is 10.8. The molecule has 0 aliphatic carbocycles. The fourth-order valence-corrected chi connectivity index (χ4v) is 0.906. The Morgan fingerprint density at radius 1 is 1.46 bits per heavy atom. The first-order valence-corrected chi connectivity index (χ1v) is 3.77. The molecule has 0 unspecified atom stereocenters. The van der Waals surface area contributed by atoms with Crippen LogP contribution < -0.4 is 57.0 Å². The van der Waals surface area contributed by atoms with Crippen molar-refractivity contribution in [3.8, 4) is 0 Å². The van der Waals surface area contributed by atoms with Crippen molar-refractivity contribution in [2.75, 3.05) is 0 Å². The van der Waals surface area contributed by atoms with Gasteiger partial charge in [0.15, 0.2) is 0 Å². The third-order valence-corrected chi connectivity index (χ3v) is 1.45. The van der Waals surface area contributed by atoms with Crippen LogP contribution in [0.4, 0.5) is 12.9 Å². The molecule has 0 N–H and O–H groups in total. The number of nitrogens with zero attached hydrogens (tertiary/aromatic N) is 2. The minimum absolute atomic E-state index is 0. The van der Waals surface area contributed by atoms with Gasteiger partial charge in [0, 0.05) is 18.3 Å². The van der Waals surface area contributed by atoms with E-state index >= 15 is 0 Å². The van der Waals surface area contributed by atoms with Crippen LogP contribution in [0.3, 0.4) is 0 Å². The van der Waals surface area contributed by atoms with E-state index in [2.05, 4.69) is 5.10 Å². The molecule has 1 rings (SSSR count). The zero-order chi connectivity index (χ0) is 9.19. The smallest absolute Gasteiger partial charge is 0.444 e. The van der Waals surface area contributed by atoms with Crippen molar-refractivity contribution in [2.24, 2.45) is 0 Å². The monoisotopic (exact) mass is 216 g/mol. The molecule has 0 aliphatic rings. The minimum atomic E-state index is -4.93. The van der Waals surface area contributed by atoms with E-state index < -0.39 is 12.6 Å². The summed E-state index contributed by atoms with van der Waals surface area (Å²) in [6, 6.07) is 1.01. The maximum Gasteiger partial charge on any atom is 1.00 e. The van der Waals surface area contributed by atoms with E-state index in [0.29, 0.717) is 6.54 Å². The molecule has 1 aromatic rings. The summed E-state index contributed by atoms with van der Waals surface area (Å²) in [4.78, 5) is 0. The van der Waals surface area contributed by atoms with E-state index in [0.717, 1.165) is 12.5 Å². The number of halogens is 3. The largest absolute Gasteiger partial charge is 1.00 e. The standard InChI is InChI=1S/C6H9BF3N2.K/c1-2-4-12-5-3-6(11-12)7(8,9)10;/h3,5H,2,4H2,1H3;/q-1;+1. The number of aromatic nitrogens is 2. The summed E-state index contributed by atoms with van der Waals surface area (Å²) in [6.07, 6.45) is 2.14. The van der Waals surface area contributed by atoms with Crippen molar-refractivity contribution in [2.45, 2.75) is 19.9 Å². The van der Waals surface area contributed by atoms with Crippen LogP contribution in [0.1, 0.15) is 13.3 Å². The van der Waals surface area contributed by atoms with Crippen molar-refractivity contribution in [1.29, 1.82) is 0 Å². The normalized spacial score (nSPS) is 11.1. The van der Waals surface area contributed by atoms with Crippen molar-refractivity contribution >= 4 is 12.6 Å². The molecular formula is C6H9BF3KN2. The van der Waals surface area contributed by atoms with Gasteiger partial charge >= 0.3 is 58.4 Å². The second-order valence-electron chi connectivity index (χ2n) is 2.58. The van der Waals surface area contributed by atoms with Crippen LogP contribution in [-0.2, 0) is 6.54 Å².